The number of benzene rings is 2. The van der Waals surface area contributed by atoms with E-state index in [1.807, 2.05) is 18.2 Å². The zero-order valence-electron chi connectivity index (χ0n) is 15.9. The monoisotopic (exact) mass is 426 g/mol. The minimum absolute atomic E-state index is 0.329. The summed E-state index contributed by atoms with van der Waals surface area (Å²) in [4.78, 5) is 25.6. The van der Waals surface area contributed by atoms with Crippen LogP contribution in [0.15, 0.2) is 51.7 Å². The van der Waals surface area contributed by atoms with Gasteiger partial charge in [0, 0.05) is 11.9 Å². The Morgan fingerprint density at radius 2 is 1.90 bits per heavy atom. The van der Waals surface area contributed by atoms with Gasteiger partial charge in [-0.05, 0) is 66.3 Å². The molecule has 30 heavy (non-hydrogen) atoms. The van der Waals surface area contributed by atoms with Crippen molar-refractivity contribution < 1.29 is 18.0 Å². The molecule has 5 rings (SSSR count). The third kappa shape index (κ3) is 3.13. The lowest BCUT2D eigenvalue weighted by atomic mass is 10.0. The van der Waals surface area contributed by atoms with E-state index in [1.54, 1.807) is 13.1 Å². The molecule has 1 aliphatic rings. The maximum absolute atomic E-state index is 13.8. The molecule has 2 heterocycles. The molecule has 0 bridgehead atoms. The van der Waals surface area contributed by atoms with Crippen molar-refractivity contribution in [3.8, 4) is 10.4 Å². The number of carbonyl (C=O) groups excluding carboxylic acids is 1. The lowest BCUT2D eigenvalue weighted by Gasteiger charge is -2.08. The average Bonchev–Trinajstić information content (AvgIpc) is 3.38. The van der Waals surface area contributed by atoms with Crippen molar-refractivity contribution in [2.45, 2.75) is 18.8 Å². The fraction of sp³-hybridized carbons (Fsp3) is 0.182. The molecular formula is C22H16F2N2O3S. The number of aromatic nitrogens is 1. The first-order valence-corrected chi connectivity index (χ1v) is 10.2. The summed E-state index contributed by atoms with van der Waals surface area (Å²) in [5, 5.41) is 2.31. The summed E-state index contributed by atoms with van der Waals surface area (Å²) in [6.45, 7) is 0. The molecule has 0 saturated heterocycles. The Labute approximate surface area is 173 Å². The number of anilines is 1. The third-order valence-electron chi connectivity index (χ3n) is 5.28. The predicted octanol–water partition coefficient (Wildman–Crippen LogP) is 5.27. The lowest BCUT2D eigenvalue weighted by Crippen LogP contribution is -2.12. The molecule has 1 saturated carbocycles. The van der Waals surface area contributed by atoms with Crippen LogP contribution in [-0.4, -0.2) is 10.5 Å². The average molecular weight is 426 g/mol. The van der Waals surface area contributed by atoms with Crippen molar-refractivity contribution >= 4 is 34.0 Å². The van der Waals surface area contributed by atoms with E-state index in [0.717, 1.165) is 41.0 Å². The van der Waals surface area contributed by atoms with Crippen LogP contribution in [0, 0.1) is 11.6 Å². The van der Waals surface area contributed by atoms with E-state index in [9.17, 15) is 18.4 Å². The Balaban J connectivity index is 1.53. The molecule has 5 nitrogen and oxygen atoms in total. The maximum Gasteiger partial charge on any atom is 0.419 e. The maximum atomic E-state index is 13.8. The SMILES string of the molecule is Cn1c(=O)oc2cc(C3CC3)c(-c3ccc(C(=O)Nc4c(F)cccc4F)s3)cc21. The van der Waals surface area contributed by atoms with Crippen LogP contribution in [0.1, 0.15) is 34.0 Å². The summed E-state index contributed by atoms with van der Waals surface area (Å²) in [6, 6.07) is 10.7. The van der Waals surface area contributed by atoms with Crippen molar-refractivity contribution in [2.24, 2.45) is 7.05 Å². The number of amides is 1. The van der Waals surface area contributed by atoms with Gasteiger partial charge in [0.15, 0.2) is 5.58 Å². The summed E-state index contributed by atoms with van der Waals surface area (Å²) in [5.74, 6) is -2.28. The van der Waals surface area contributed by atoms with Crippen molar-refractivity contribution in [3.05, 3.63) is 75.1 Å². The molecular weight excluding hydrogens is 410 g/mol. The highest BCUT2D eigenvalue weighted by Crippen LogP contribution is 2.46. The summed E-state index contributed by atoms with van der Waals surface area (Å²) >= 11 is 1.23. The minimum atomic E-state index is -0.831. The Morgan fingerprint density at radius 3 is 2.60 bits per heavy atom. The van der Waals surface area contributed by atoms with Crippen LogP contribution in [0.4, 0.5) is 14.5 Å². The zero-order valence-corrected chi connectivity index (χ0v) is 16.7. The molecule has 1 aliphatic carbocycles. The van der Waals surface area contributed by atoms with Crippen LogP contribution in [0.3, 0.4) is 0 Å². The van der Waals surface area contributed by atoms with Crippen LogP contribution in [0.5, 0.6) is 0 Å². The van der Waals surface area contributed by atoms with Crippen LogP contribution >= 0.6 is 11.3 Å². The van der Waals surface area contributed by atoms with E-state index in [2.05, 4.69) is 5.32 Å². The summed E-state index contributed by atoms with van der Waals surface area (Å²) < 4.78 is 34.4. The fourth-order valence-electron chi connectivity index (χ4n) is 3.53. The highest BCUT2D eigenvalue weighted by atomic mass is 32.1. The van der Waals surface area contributed by atoms with E-state index >= 15 is 0 Å². The van der Waals surface area contributed by atoms with Crippen LogP contribution in [0.2, 0.25) is 0 Å². The standard InChI is InChI=1S/C22H16F2N2O3S/c1-26-16-9-13(12(11-5-6-11)10-17(16)29-22(26)28)18-7-8-19(30-18)21(27)25-20-14(23)3-2-4-15(20)24/h2-4,7-11H,5-6H2,1H3,(H,25,27). The van der Waals surface area contributed by atoms with Crippen molar-refractivity contribution in [3.63, 3.8) is 0 Å². The third-order valence-corrected chi connectivity index (χ3v) is 6.39. The molecule has 1 amide bonds. The second kappa shape index (κ2) is 6.91. The van der Waals surface area contributed by atoms with Gasteiger partial charge in [0.1, 0.15) is 17.3 Å². The van der Waals surface area contributed by atoms with Crippen LogP contribution in [-0.2, 0) is 7.05 Å². The molecule has 0 radical (unpaired) electrons. The highest BCUT2D eigenvalue weighted by molar-refractivity contribution is 7.17. The molecule has 0 unspecified atom stereocenters. The minimum Gasteiger partial charge on any atom is -0.408 e. The first-order chi connectivity index (χ1) is 14.4. The molecule has 1 N–H and O–H groups in total. The van der Waals surface area contributed by atoms with Gasteiger partial charge >= 0.3 is 5.76 Å². The van der Waals surface area contributed by atoms with E-state index in [-0.39, 0.29) is 0 Å². The largest absolute Gasteiger partial charge is 0.419 e. The van der Waals surface area contributed by atoms with E-state index in [4.69, 9.17) is 4.42 Å². The summed E-state index contributed by atoms with van der Waals surface area (Å²) in [5.41, 5.74) is 2.75. The number of hydrogen-bond acceptors (Lipinski definition) is 4. The Hall–Kier alpha value is -3.26. The quantitative estimate of drug-likeness (QED) is 0.484. The summed E-state index contributed by atoms with van der Waals surface area (Å²) in [7, 11) is 1.64. The van der Waals surface area contributed by atoms with Gasteiger partial charge in [0.2, 0.25) is 0 Å². The number of nitrogens with one attached hydrogen (secondary N) is 1. The number of halogens is 2. The number of hydrogen-bond donors (Lipinski definition) is 1. The molecule has 0 spiro atoms. The lowest BCUT2D eigenvalue weighted by molar-refractivity contribution is 0.102. The number of nitrogens with zero attached hydrogens (tertiary/aromatic N) is 1. The van der Waals surface area contributed by atoms with Gasteiger partial charge < -0.3 is 9.73 Å². The summed E-state index contributed by atoms with van der Waals surface area (Å²) in [6.07, 6.45) is 2.11. The molecule has 1 fully saturated rings. The first kappa shape index (κ1) is 18.7. The number of oxazole rings is 1. The highest BCUT2D eigenvalue weighted by Gasteiger charge is 2.28. The van der Waals surface area contributed by atoms with Crippen molar-refractivity contribution in [1.29, 1.82) is 0 Å². The smallest absolute Gasteiger partial charge is 0.408 e. The number of para-hydroxylation sites is 1. The molecule has 152 valence electrons. The molecule has 0 aliphatic heterocycles. The Morgan fingerprint density at radius 1 is 1.17 bits per heavy atom. The molecule has 2 aromatic heterocycles. The van der Waals surface area contributed by atoms with Crippen LogP contribution in [0.25, 0.3) is 21.5 Å². The Bertz CT molecular complexity index is 1340. The van der Waals surface area contributed by atoms with Crippen molar-refractivity contribution in [2.75, 3.05) is 5.32 Å². The van der Waals surface area contributed by atoms with Crippen LogP contribution < -0.4 is 11.1 Å². The second-order valence-corrected chi connectivity index (χ2v) is 8.41. The number of aryl methyl sites for hydroxylation is 1. The molecule has 4 aromatic rings. The normalized spacial score (nSPS) is 13.7. The zero-order chi connectivity index (χ0) is 21.0. The predicted molar refractivity (Wildman–Crippen MR) is 111 cm³/mol. The van der Waals surface area contributed by atoms with E-state index < -0.39 is 29.0 Å². The Kier molecular flexibility index (Phi) is 4.32. The fourth-order valence-corrected chi connectivity index (χ4v) is 4.47. The number of fused-ring (bicyclic) bond motifs is 1. The van der Waals surface area contributed by atoms with Crippen molar-refractivity contribution in [1.82, 2.24) is 4.57 Å². The molecule has 2 aromatic carbocycles. The molecule has 0 atom stereocenters. The number of thiophene rings is 1. The van der Waals surface area contributed by atoms with Gasteiger partial charge in [-0.2, -0.15) is 0 Å². The number of rotatable bonds is 4. The van der Waals surface area contributed by atoms with Gasteiger partial charge in [-0.15, -0.1) is 11.3 Å². The van der Waals surface area contributed by atoms with Gasteiger partial charge in [-0.3, -0.25) is 9.36 Å². The first-order valence-electron chi connectivity index (χ1n) is 9.41. The molecule has 8 heteroatoms. The van der Waals surface area contributed by atoms with Gasteiger partial charge in [0.05, 0.1) is 10.4 Å². The van der Waals surface area contributed by atoms with Gasteiger partial charge in [-0.1, -0.05) is 6.07 Å². The van der Waals surface area contributed by atoms with E-state index in [0.29, 0.717) is 21.9 Å². The second-order valence-electron chi connectivity index (χ2n) is 7.32. The van der Waals surface area contributed by atoms with Gasteiger partial charge in [-0.25, -0.2) is 13.6 Å². The number of carbonyl (C=O) groups is 1. The topological polar surface area (TPSA) is 64.2 Å². The van der Waals surface area contributed by atoms with E-state index in [1.165, 1.54) is 22.0 Å². The van der Waals surface area contributed by atoms with Gasteiger partial charge in [0.25, 0.3) is 5.91 Å².